The van der Waals surface area contributed by atoms with Gasteiger partial charge in [0.2, 0.25) is 0 Å². The van der Waals surface area contributed by atoms with Crippen molar-refractivity contribution < 1.29 is 4.79 Å². The van der Waals surface area contributed by atoms with Crippen LogP contribution in [0, 0.1) is 6.92 Å². The predicted octanol–water partition coefficient (Wildman–Crippen LogP) is 1.99. The Hall–Kier alpha value is -2.75. The van der Waals surface area contributed by atoms with E-state index in [0.717, 1.165) is 16.9 Å². The highest BCUT2D eigenvalue weighted by Gasteiger charge is 2.10. The van der Waals surface area contributed by atoms with Gasteiger partial charge in [0.1, 0.15) is 6.17 Å². The van der Waals surface area contributed by atoms with Gasteiger partial charge >= 0.3 is 6.03 Å². The minimum Gasteiger partial charge on any atom is -0.367 e. The summed E-state index contributed by atoms with van der Waals surface area (Å²) in [4.78, 5) is 11.7. The van der Waals surface area contributed by atoms with E-state index >= 15 is 0 Å². The maximum Gasteiger partial charge on any atom is 0.316 e. The summed E-state index contributed by atoms with van der Waals surface area (Å²) in [5, 5.41) is 11.1. The molecule has 1 aliphatic heterocycles. The third-order valence-electron chi connectivity index (χ3n) is 4.50. The lowest BCUT2D eigenvalue weighted by atomic mass is 9.96. The van der Waals surface area contributed by atoms with Crippen LogP contribution in [0.25, 0.3) is 23.4 Å². The van der Waals surface area contributed by atoms with Gasteiger partial charge in [-0.2, -0.15) is 0 Å². The fraction of sp³-hybridized carbons (Fsp3) is 0.286. The highest BCUT2D eigenvalue weighted by Crippen LogP contribution is 2.23. The van der Waals surface area contributed by atoms with Gasteiger partial charge in [0, 0.05) is 12.7 Å². The lowest BCUT2D eigenvalue weighted by Crippen LogP contribution is -2.50. The van der Waals surface area contributed by atoms with Crippen LogP contribution in [0.4, 0.5) is 4.79 Å². The first kappa shape index (κ1) is 17.1. The van der Waals surface area contributed by atoms with Crippen molar-refractivity contribution in [1.82, 2.24) is 16.0 Å². The van der Waals surface area contributed by atoms with E-state index in [2.05, 4.69) is 66.2 Å². The monoisotopic (exact) mass is 335 g/mol. The van der Waals surface area contributed by atoms with Crippen LogP contribution in [-0.4, -0.2) is 18.7 Å². The van der Waals surface area contributed by atoms with E-state index in [1.165, 1.54) is 22.3 Å². The lowest BCUT2D eigenvalue weighted by molar-refractivity contribution is 0.239. The number of hydrogen-bond donors (Lipinski definition) is 3. The Kier molecular flexibility index (Phi) is 5.08. The van der Waals surface area contributed by atoms with Crippen molar-refractivity contribution in [3.05, 3.63) is 58.0 Å². The van der Waals surface area contributed by atoms with E-state index in [1.54, 1.807) is 0 Å². The molecule has 1 unspecified atom stereocenters. The van der Waals surface area contributed by atoms with Crippen molar-refractivity contribution in [2.24, 2.45) is 0 Å². The Morgan fingerprint density at radius 2 is 1.96 bits per heavy atom. The number of aryl methyl sites for hydroxylation is 2. The summed E-state index contributed by atoms with van der Waals surface area (Å²) in [5.74, 6) is 0. The number of hydrogen-bond acceptors (Lipinski definition) is 2. The summed E-state index contributed by atoms with van der Waals surface area (Å²) in [7, 11) is 0. The van der Waals surface area contributed by atoms with E-state index in [1.807, 2.05) is 19.2 Å². The lowest BCUT2D eigenvalue weighted by Gasteiger charge is -2.19. The summed E-state index contributed by atoms with van der Waals surface area (Å²) in [6.45, 7) is 6.83. The number of rotatable bonds is 4. The van der Waals surface area contributed by atoms with Crippen LogP contribution in [0.1, 0.15) is 25.0 Å². The standard InChI is InChI=1S/C21H25N3O/c1-4-15-7-6-14(3)19(10-15)17-9-8-16-12-20(23-13-18(16)11-17)24-21(25)22-5-2/h6-13,20,23H,4-5H2,1-3H3,(H2,22,24,25). The maximum absolute atomic E-state index is 11.7. The number of benzene rings is 2. The highest BCUT2D eigenvalue weighted by molar-refractivity contribution is 5.75. The largest absolute Gasteiger partial charge is 0.367 e. The molecule has 0 radical (unpaired) electrons. The average molecular weight is 335 g/mol. The molecule has 1 aliphatic rings. The van der Waals surface area contributed by atoms with Crippen molar-refractivity contribution in [2.75, 3.05) is 6.54 Å². The molecule has 25 heavy (non-hydrogen) atoms. The Labute approximate surface area is 148 Å². The summed E-state index contributed by atoms with van der Waals surface area (Å²) in [6, 6.07) is 13.0. The van der Waals surface area contributed by atoms with Gasteiger partial charge in [-0.1, -0.05) is 37.3 Å². The molecule has 0 aromatic heterocycles. The number of urea groups is 1. The molecule has 1 heterocycles. The first-order chi connectivity index (χ1) is 12.1. The second-order valence-corrected chi connectivity index (χ2v) is 6.31. The number of nitrogens with one attached hydrogen (secondary N) is 3. The van der Waals surface area contributed by atoms with Gasteiger partial charge in [-0.25, -0.2) is 4.79 Å². The zero-order chi connectivity index (χ0) is 17.8. The minimum atomic E-state index is -0.199. The molecule has 2 aromatic carbocycles. The van der Waals surface area contributed by atoms with Crippen LogP contribution >= 0.6 is 0 Å². The second-order valence-electron chi connectivity index (χ2n) is 6.31. The van der Waals surface area contributed by atoms with Gasteiger partial charge in [-0.15, -0.1) is 0 Å². The van der Waals surface area contributed by atoms with Crippen molar-refractivity contribution in [3.8, 4) is 11.1 Å². The molecular weight excluding hydrogens is 310 g/mol. The zero-order valence-corrected chi connectivity index (χ0v) is 15.0. The highest BCUT2D eigenvalue weighted by atomic mass is 16.2. The van der Waals surface area contributed by atoms with Crippen molar-refractivity contribution in [3.63, 3.8) is 0 Å². The van der Waals surface area contributed by atoms with Gasteiger partial charge in [0.15, 0.2) is 0 Å². The quantitative estimate of drug-likeness (QED) is 0.800. The average Bonchev–Trinajstić information content (AvgIpc) is 2.62. The third kappa shape index (κ3) is 3.85. The van der Waals surface area contributed by atoms with Crippen LogP contribution < -0.4 is 26.4 Å². The number of carbonyl (C=O) groups is 1. The Morgan fingerprint density at radius 3 is 2.72 bits per heavy atom. The maximum atomic E-state index is 11.7. The third-order valence-corrected chi connectivity index (χ3v) is 4.50. The number of fused-ring (bicyclic) bond motifs is 1. The molecule has 0 bridgehead atoms. The van der Waals surface area contributed by atoms with E-state index in [4.69, 9.17) is 0 Å². The minimum absolute atomic E-state index is 0.170. The molecule has 0 saturated heterocycles. The first-order valence-electron chi connectivity index (χ1n) is 8.83. The zero-order valence-electron chi connectivity index (χ0n) is 15.0. The molecule has 0 aliphatic carbocycles. The number of amides is 2. The molecule has 3 N–H and O–H groups in total. The van der Waals surface area contributed by atoms with Crippen LogP contribution in [0.5, 0.6) is 0 Å². The van der Waals surface area contributed by atoms with Crippen molar-refractivity contribution >= 4 is 18.3 Å². The van der Waals surface area contributed by atoms with Gasteiger partial charge < -0.3 is 16.0 Å². The smallest absolute Gasteiger partial charge is 0.316 e. The summed E-state index contributed by atoms with van der Waals surface area (Å²) in [5.41, 5.74) is 5.12. The molecule has 4 heteroatoms. The topological polar surface area (TPSA) is 53.2 Å². The van der Waals surface area contributed by atoms with E-state index in [-0.39, 0.29) is 12.2 Å². The summed E-state index contributed by atoms with van der Waals surface area (Å²) >= 11 is 0. The first-order valence-corrected chi connectivity index (χ1v) is 8.83. The molecule has 0 fully saturated rings. The molecule has 2 amide bonds. The van der Waals surface area contributed by atoms with Gasteiger partial charge in [0.05, 0.1) is 0 Å². The van der Waals surface area contributed by atoms with Crippen LogP contribution in [0.3, 0.4) is 0 Å². The Bertz CT molecular complexity index is 902. The van der Waals surface area contributed by atoms with E-state index in [0.29, 0.717) is 6.54 Å². The molecule has 2 aromatic rings. The van der Waals surface area contributed by atoms with Crippen molar-refractivity contribution in [1.29, 1.82) is 0 Å². The van der Waals surface area contributed by atoms with Gasteiger partial charge in [0.25, 0.3) is 0 Å². The van der Waals surface area contributed by atoms with Crippen molar-refractivity contribution in [2.45, 2.75) is 33.4 Å². The summed E-state index contributed by atoms with van der Waals surface area (Å²) < 4.78 is 0. The van der Waals surface area contributed by atoms with E-state index in [9.17, 15) is 4.79 Å². The fourth-order valence-electron chi connectivity index (χ4n) is 3.06. The van der Waals surface area contributed by atoms with Gasteiger partial charge in [-0.05, 0) is 65.1 Å². The molecule has 4 nitrogen and oxygen atoms in total. The van der Waals surface area contributed by atoms with Gasteiger partial charge in [-0.3, -0.25) is 0 Å². The molecule has 1 atom stereocenters. The normalized spacial score (nSPS) is 15.2. The molecule has 0 saturated carbocycles. The second kappa shape index (κ2) is 7.43. The number of carbonyl (C=O) groups excluding carboxylic acids is 1. The fourth-order valence-corrected chi connectivity index (χ4v) is 3.06. The van der Waals surface area contributed by atoms with Crippen LogP contribution in [-0.2, 0) is 6.42 Å². The summed E-state index contributed by atoms with van der Waals surface area (Å²) in [6.07, 6.45) is 4.83. The predicted molar refractivity (Wildman–Crippen MR) is 103 cm³/mol. The SMILES string of the molecule is CCNC(=O)NC1C=c2ccc(-c3cc(CC)ccc3C)cc2=CN1. The molecule has 0 spiro atoms. The Balaban J connectivity index is 1.91. The molecule has 130 valence electrons. The molecule has 3 rings (SSSR count). The van der Waals surface area contributed by atoms with E-state index < -0.39 is 0 Å². The van der Waals surface area contributed by atoms with Crippen LogP contribution in [0.15, 0.2) is 36.4 Å². The van der Waals surface area contributed by atoms with Crippen LogP contribution in [0.2, 0.25) is 0 Å². The Morgan fingerprint density at radius 1 is 1.12 bits per heavy atom. The molecular formula is C21H25N3O.